The van der Waals surface area contributed by atoms with E-state index in [1.807, 2.05) is 6.92 Å². The van der Waals surface area contributed by atoms with Crippen LogP contribution in [-0.4, -0.2) is 17.3 Å². The van der Waals surface area contributed by atoms with Gasteiger partial charge in [0.1, 0.15) is 11.9 Å². The van der Waals surface area contributed by atoms with E-state index < -0.39 is 0 Å². The summed E-state index contributed by atoms with van der Waals surface area (Å²) in [5, 5.41) is 9.87. The second-order valence-electron chi connectivity index (χ2n) is 4.78. The van der Waals surface area contributed by atoms with E-state index in [-0.39, 0.29) is 12.2 Å². The summed E-state index contributed by atoms with van der Waals surface area (Å²) in [4.78, 5) is 0. The molecule has 2 rings (SSSR count). The number of aryl methyl sites for hydroxylation is 2. The molecule has 0 amide bonds. The maximum atomic E-state index is 9.87. The summed E-state index contributed by atoms with van der Waals surface area (Å²) in [6.07, 6.45) is 3.80. The summed E-state index contributed by atoms with van der Waals surface area (Å²) < 4.78 is 5.93. The second-order valence-corrected chi connectivity index (χ2v) is 4.78. The molecule has 1 saturated carbocycles. The summed E-state index contributed by atoms with van der Waals surface area (Å²) in [5.41, 5.74) is 2.34. The first-order chi connectivity index (χ1) is 7.66. The highest BCUT2D eigenvalue weighted by Crippen LogP contribution is 2.26. The molecular formula is C14H20O2. The quantitative estimate of drug-likeness (QED) is 0.830. The molecule has 1 aromatic rings. The highest BCUT2D eigenvalue weighted by atomic mass is 16.5. The fourth-order valence-electron chi connectivity index (χ4n) is 2.21. The van der Waals surface area contributed by atoms with Crippen molar-refractivity contribution in [2.75, 3.05) is 0 Å². The Labute approximate surface area is 97.3 Å². The van der Waals surface area contributed by atoms with Crippen LogP contribution >= 0.6 is 0 Å². The van der Waals surface area contributed by atoms with Crippen LogP contribution in [0.5, 0.6) is 5.75 Å². The molecule has 1 aliphatic rings. The molecule has 2 atom stereocenters. The molecule has 1 fully saturated rings. The minimum atomic E-state index is -0.298. The Bertz CT molecular complexity index is 360. The zero-order chi connectivity index (χ0) is 11.5. The predicted octanol–water partition coefficient (Wildman–Crippen LogP) is 2.99. The van der Waals surface area contributed by atoms with Crippen LogP contribution in [0.2, 0.25) is 0 Å². The number of hydrogen-bond acceptors (Lipinski definition) is 2. The highest BCUT2D eigenvalue weighted by molar-refractivity contribution is 5.36. The monoisotopic (exact) mass is 220 g/mol. The van der Waals surface area contributed by atoms with Gasteiger partial charge < -0.3 is 9.84 Å². The summed E-state index contributed by atoms with van der Waals surface area (Å²) in [7, 11) is 0. The summed E-state index contributed by atoms with van der Waals surface area (Å²) >= 11 is 0. The maximum Gasteiger partial charge on any atom is 0.124 e. The smallest absolute Gasteiger partial charge is 0.124 e. The molecule has 0 radical (unpaired) electrons. The average Bonchev–Trinajstić information content (AvgIpc) is 2.27. The Morgan fingerprint density at radius 3 is 2.69 bits per heavy atom. The molecule has 2 nitrogen and oxygen atoms in total. The molecule has 0 bridgehead atoms. The van der Waals surface area contributed by atoms with E-state index in [2.05, 4.69) is 25.1 Å². The van der Waals surface area contributed by atoms with Crippen molar-refractivity contribution in [1.82, 2.24) is 0 Å². The summed E-state index contributed by atoms with van der Waals surface area (Å²) in [6.45, 7) is 4.10. The van der Waals surface area contributed by atoms with Crippen LogP contribution < -0.4 is 4.74 Å². The molecule has 16 heavy (non-hydrogen) atoms. The minimum absolute atomic E-state index is 0.0192. The third kappa shape index (κ3) is 2.56. The number of hydrogen-bond donors (Lipinski definition) is 1. The van der Waals surface area contributed by atoms with Crippen molar-refractivity contribution < 1.29 is 9.84 Å². The van der Waals surface area contributed by atoms with Gasteiger partial charge in [-0.15, -0.1) is 0 Å². The van der Waals surface area contributed by atoms with Gasteiger partial charge in [0.25, 0.3) is 0 Å². The fourth-order valence-corrected chi connectivity index (χ4v) is 2.21. The van der Waals surface area contributed by atoms with Crippen LogP contribution in [0.15, 0.2) is 18.2 Å². The largest absolute Gasteiger partial charge is 0.487 e. The zero-order valence-corrected chi connectivity index (χ0v) is 10.1. The van der Waals surface area contributed by atoms with Crippen LogP contribution in [0.3, 0.4) is 0 Å². The molecule has 0 unspecified atom stereocenters. The normalized spacial score (nSPS) is 25.4. The lowest BCUT2D eigenvalue weighted by atomic mass is 9.95. The standard InChI is InChI=1S/C14H20O2/c1-10-7-8-11(2)14(9-10)16-13-6-4-3-5-12(13)15/h7-9,12-13,15H,3-6H2,1-2H3/t12-,13-/m1/s1. The first-order valence-corrected chi connectivity index (χ1v) is 6.09. The Balaban J connectivity index is 2.10. The van der Waals surface area contributed by atoms with Crippen molar-refractivity contribution in [1.29, 1.82) is 0 Å². The molecule has 88 valence electrons. The van der Waals surface area contributed by atoms with Gasteiger partial charge in [-0.05, 0) is 50.3 Å². The van der Waals surface area contributed by atoms with Gasteiger partial charge in [-0.2, -0.15) is 0 Å². The highest BCUT2D eigenvalue weighted by Gasteiger charge is 2.24. The average molecular weight is 220 g/mol. The lowest BCUT2D eigenvalue weighted by molar-refractivity contribution is 0.00652. The Morgan fingerprint density at radius 2 is 1.94 bits per heavy atom. The number of ether oxygens (including phenoxy) is 1. The Kier molecular flexibility index (Phi) is 3.49. The first kappa shape index (κ1) is 11.5. The molecule has 0 saturated heterocycles. The van der Waals surface area contributed by atoms with Crippen LogP contribution in [0.1, 0.15) is 36.8 Å². The van der Waals surface area contributed by atoms with Gasteiger partial charge in [-0.1, -0.05) is 18.6 Å². The number of rotatable bonds is 2. The molecule has 1 N–H and O–H groups in total. The van der Waals surface area contributed by atoms with Crippen molar-refractivity contribution in [3.8, 4) is 5.75 Å². The molecular weight excluding hydrogens is 200 g/mol. The number of aliphatic hydroxyl groups is 1. The Hall–Kier alpha value is -1.02. The molecule has 1 aromatic carbocycles. The molecule has 0 aliphatic heterocycles. The SMILES string of the molecule is Cc1ccc(C)c(O[C@@H]2CCCC[C@H]2O)c1. The molecule has 1 aliphatic carbocycles. The molecule has 0 aromatic heterocycles. The van der Waals surface area contributed by atoms with Crippen LogP contribution in [0, 0.1) is 13.8 Å². The van der Waals surface area contributed by atoms with Gasteiger partial charge >= 0.3 is 0 Å². The van der Waals surface area contributed by atoms with Crippen LogP contribution in [-0.2, 0) is 0 Å². The molecule has 0 heterocycles. The summed E-state index contributed by atoms with van der Waals surface area (Å²) in [5.74, 6) is 0.922. The van der Waals surface area contributed by atoms with E-state index in [1.165, 1.54) is 5.56 Å². The third-order valence-electron chi connectivity index (χ3n) is 3.29. The van der Waals surface area contributed by atoms with Gasteiger partial charge in [-0.3, -0.25) is 0 Å². The van der Waals surface area contributed by atoms with Crippen molar-refractivity contribution in [2.45, 2.75) is 51.7 Å². The van der Waals surface area contributed by atoms with E-state index in [9.17, 15) is 5.11 Å². The summed E-state index contributed by atoms with van der Waals surface area (Å²) in [6, 6.07) is 6.20. The van der Waals surface area contributed by atoms with E-state index in [4.69, 9.17) is 4.74 Å². The van der Waals surface area contributed by atoms with E-state index in [1.54, 1.807) is 0 Å². The third-order valence-corrected chi connectivity index (χ3v) is 3.29. The van der Waals surface area contributed by atoms with Gasteiger partial charge in [0.2, 0.25) is 0 Å². The van der Waals surface area contributed by atoms with Crippen molar-refractivity contribution in [3.63, 3.8) is 0 Å². The van der Waals surface area contributed by atoms with Crippen molar-refractivity contribution in [3.05, 3.63) is 29.3 Å². The van der Waals surface area contributed by atoms with E-state index >= 15 is 0 Å². The second kappa shape index (κ2) is 4.88. The maximum absolute atomic E-state index is 9.87. The molecule has 2 heteroatoms. The van der Waals surface area contributed by atoms with Crippen LogP contribution in [0.25, 0.3) is 0 Å². The minimum Gasteiger partial charge on any atom is -0.487 e. The van der Waals surface area contributed by atoms with Gasteiger partial charge in [0, 0.05) is 0 Å². The number of aliphatic hydroxyl groups excluding tert-OH is 1. The van der Waals surface area contributed by atoms with Crippen molar-refractivity contribution >= 4 is 0 Å². The van der Waals surface area contributed by atoms with Gasteiger partial charge in [0.15, 0.2) is 0 Å². The topological polar surface area (TPSA) is 29.5 Å². The first-order valence-electron chi connectivity index (χ1n) is 6.09. The van der Waals surface area contributed by atoms with Crippen LogP contribution in [0.4, 0.5) is 0 Å². The Morgan fingerprint density at radius 1 is 1.19 bits per heavy atom. The van der Waals surface area contributed by atoms with E-state index in [0.717, 1.165) is 37.0 Å². The lowest BCUT2D eigenvalue weighted by Gasteiger charge is -2.28. The van der Waals surface area contributed by atoms with Crippen molar-refractivity contribution in [2.24, 2.45) is 0 Å². The lowest BCUT2D eigenvalue weighted by Crippen LogP contribution is -2.34. The fraction of sp³-hybridized carbons (Fsp3) is 0.571. The van der Waals surface area contributed by atoms with E-state index in [0.29, 0.717) is 0 Å². The molecule has 0 spiro atoms. The zero-order valence-electron chi connectivity index (χ0n) is 10.1. The van der Waals surface area contributed by atoms with Gasteiger partial charge in [-0.25, -0.2) is 0 Å². The number of benzene rings is 1. The predicted molar refractivity (Wildman–Crippen MR) is 64.8 cm³/mol. The van der Waals surface area contributed by atoms with Gasteiger partial charge in [0.05, 0.1) is 6.10 Å².